The molecule has 1 saturated heterocycles. The van der Waals surface area contributed by atoms with E-state index >= 15 is 0 Å². The minimum Gasteiger partial charge on any atom is -0.396 e. The standard InChI is InChI=1S/C11H21NO4S/c13-7-1-2-9-17(14,15)12-6-8-16-11-5-3-4-10(11)12/h10-11,13H,1-9H2. The van der Waals surface area contributed by atoms with Crippen LogP contribution in [0.5, 0.6) is 0 Å². The van der Waals surface area contributed by atoms with Gasteiger partial charge in [-0.25, -0.2) is 8.42 Å². The van der Waals surface area contributed by atoms with E-state index in [0.717, 1.165) is 19.3 Å². The van der Waals surface area contributed by atoms with Gasteiger partial charge in [-0.1, -0.05) is 0 Å². The van der Waals surface area contributed by atoms with E-state index < -0.39 is 10.0 Å². The normalized spacial score (nSPS) is 30.4. The second-order valence-corrected chi connectivity index (χ2v) is 6.81. The van der Waals surface area contributed by atoms with Gasteiger partial charge in [0.15, 0.2) is 0 Å². The van der Waals surface area contributed by atoms with E-state index in [2.05, 4.69) is 0 Å². The summed E-state index contributed by atoms with van der Waals surface area (Å²) in [6, 6.07) is 0.0582. The van der Waals surface area contributed by atoms with Crippen LogP contribution < -0.4 is 0 Å². The van der Waals surface area contributed by atoms with Crippen LogP contribution in [0, 0.1) is 0 Å². The number of fused-ring (bicyclic) bond motifs is 1. The van der Waals surface area contributed by atoms with Crippen LogP contribution in [0.1, 0.15) is 32.1 Å². The van der Waals surface area contributed by atoms with Crippen molar-refractivity contribution in [2.45, 2.75) is 44.2 Å². The van der Waals surface area contributed by atoms with Crippen LogP contribution in [0.2, 0.25) is 0 Å². The molecule has 0 aromatic rings. The van der Waals surface area contributed by atoms with Gasteiger partial charge >= 0.3 is 0 Å². The molecule has 5 nitrogen and oxygen atoms in total. The summed E-state index contributed by atoms with van der Waals surface area (Å²) < 4.78 is 31.6. The molecule has 0 amide bonds. The molecule has 1 N–H and O–H groups in total. The molecule has 0 spiro atoms. The Morgan fingerprint density at radius 2 is 2.12 bits per heavy atom. The van der Waals surface area contributed by atoms with Gasteiger partial charge in [0.2, 0.25) is 10.0 Å². The van der Waals surface area contributed by atoms with Crippen LogP contribution in [0.3, 0.4) is 0 Å². The van der Waals surface area contributed by atoms with E-state index in [9.17, 15) is 8.42 Å². The SMILES string of the molecule is O=S(=O)(CCCCO)N1CCOC2CCCC21. The Labute approximate surface area is 103 Å². The Kier molecular flexibility index (Phi) is 4.41. The van der Waals surface area contributed by atoms with Crippen LogP contribution in [-0.2, 0) is 14.8 Å². The Morgan fingerprint density at radius 3 is 2.88 bits per heavy atom. The number of unbranched alkanes of at least 4 members (excludes halogenated alkanes) is 1. The van der Waals surface area contributed by atoms with Gasteiger partial charge < -0.3 is 9.84 Å². The minimum atomic E-state index is -3.17. The molecule has 1 aliphatic heterocycles. The molecule has 1 saturated carbocycles. The topological polar surface area (TPSA) is 66.8 Å². The number of hydrogen-bond acceptors (Lipinski definition) is 4. The van der Waals surface area contributed by atoms with E-state index in [1.54, 1.807) is 4.31 Å². The van der Waals surface area contributed by atoms with E-state index in [1.165, 1.54) is 0 Å². The number of aliphatic hydroxyl groups is 1. The zero-order valence-corrected chi connectivity index (χ0v) is 10.9. The number of rotatable bonds is 5. The van der Waals surface area contributed by atoms with Crippen molar-refractivity contribution in [3.8, 4) is 0 Å². The maximum Gasteiger partial charge on any atom is 0.214 e. The maximum absolute atomic E-state index is 12.2. The Balaban J connectivity index is 1.99. The van der Waals surface area contributed by atoms with Crippen molar-refractivity contribution < 1.29 is 18.3 Å². The first-order valence-electron chi connectivity index (χ1n) is 6.37. The Hall–Kier alpha value is -0.170. The van der Waals surface area contributed by atoms with Crippen LogP contribution in [0.15, 0.2) is 0 Å². The van der Waals surface area contributed by atoms with E-state index in [1.807, 2.05) is 0 Å². The monoisotopic (exact) mass is 263 g/mol. The average molecular weight is 263 g/mol. The molecule has 2 unspecified atom stereocenters. The lowest BCUT2D eigenvalue weighted by atomic mass is 10.2. The summed E-state index contributed by atoms with van der Waals surface area (Å²) in [6.07, 6.45) is 4.15. The van der Waals surface area contributed by atoms with Crippen molar-refractivity contribution in [1.82, 2.24) is 4.31 Å². The Morgan fingerprint density at radius 1 is 1.29 bits per heavy atom. The molecule has 0 aromatic carbocycles. The highest BCUT2D eigenvalue weighted by molar-refractivity contribution is 7.89. The summed E-state index contributed by atoms with van der Waals surface area (Å²) in [5.41, 5.74) is 0. The maximum atomic E-state index is 12.2. The largest absolute Gasteiger partial charge is 0.396 e. The second-order valence-electron chi connectivity index (χ2n) is 4.76. The molecular weight excluding hydrogens is 242 g/mol. The number of morpholine rings is 1. The molecule has 17 heavy (non-hydrogen) atoms. The van der Waals surface area contributed by atoms with Crippen molar-refractivity contribution in [2.24, 2.45) is 0 Å². The number of sulfonamides is 1. The lowest BCUT2D eigenvalue weighted by Crippen LogP contribution is -2.51. The second kappa shape index (κ2) is 5.65. The van der Waals surface area contributed by atoms with Crippen molar-refractivity contribution in [3.63, 3.8) is 0 Å². The van der Waals surface area contributed by atoms with Crippen molar-refractivity contribution in [2.75, 3.05) is 25.5 Å². The van der Waals surface area contributed by atoms with E-state index in [4.69, 9.17) is 9.84 Å². The first-order valence-corrected chi connectivity index (χ1v) is 7.98. The predicted molar refractivity (Wildman–Crippen MR) is 64.2 cm³/mol. The third-order valence-electron chi connectivity index (χ3n) is 3.60. The molecule has 2 aliphatic rings. The van der Waals surface area contributed by atoms with Gasteiger partial charge in [-0.3, -0.25) is 0 Å². The van der Waals surface area contributed by atoms with Crippen LogP contribution >= 0.6 is 0 Å². The van der Waals surface area contributed by atoms with Gasteiger partial charge in [0.1, 0.15) is 0 Å². The fourth-order valence-electron chi connectivity index (χ4n) is 2.75. The lowest BCUT2D eigenvalue weighted by molar-refractivity contribution is -0.0241. The first-order chi connectivity index (χ1) is 8.15. The van der Waals surface area contributed by atoms with Gasteiger partial charge in [0.05, 0.1) is 24.5 Å². The van der Waals surface area contributed by atoms with Crippen molar-refractivity contribution in [3.05, 3.63) is 0 Å². The molecule has 0 bridgehead atoms. The minimum absolute atomic E-state index is 0.0582. The first kappa shape index (κ1) is 13.3. The van der Waals surface area contributed by atoms with Crippen molar-refractivity contribution >= 4 is 10.0 Å². The Bertz CT molecular complexity index is 343. The van der Waals surface area contributed by atoms with Gasteiger partial charge in [-0.05, 0) is 32.1 Å². The molecule has 2 atom stereocenters. The van der Waals surface area contributed by atoms with Crippen molar-refractivity contribution in [1.29, 1.82) is 0 Å². The summed E-state index contributed by atoms with van der Waals surface area (Å²) in [5, 5.41) is 8.70. The van der Waals surface area contributed by atoms with Gasteiger partial charge in [-0.15, -0.1) is 0 Å². The number of ether oxygens (including phenoxy) is 1. The molecule has 1 heterocycles. The highest BCUT2D eigenvalue weighted by Gasteiger charge is 2.41. The molecule has 100 valence electrons. The fraction of sp³-hybridized carbons (Fsp3) is 1.00. The third-order valence-corrected chi connectivity index (χ3v) is 5.57. The predicted octanol–water partition coefficient (Wildman–Crippen LogP) is 0.342. The average Bonchev–Trinajstić information content (AvgIpc) is 2.76. The molecular formula is C11H21NO4S. The molecule has 1 aliphatic carbocycles. The molecule has 2 fully saturated rings. The molecule has 0 radical (unpaired) electrons. The van der Waals surface area contributed by atoms with Gasteiger partial charge in [-0.2, -0.15) is 4.31 Å². The quantitative estimate of drug-likeness (QED) is 0.726. The van der Waals surface area contributed by atoms with Gasteiger partial charge in [0, 0.05) is 13.2 Å². The summed E-state index contributed by atoms with van der Waals surface area (Å²) in [4.78, 5) is 0. The van der Waals surface area contributed by atoms with Crippen LogP contribution in [0.4, 0.5) is 0 Å². The summed E-state index contributed by atoms with van der Waals surface area (Å²) in [5.74, 6) is 0.150. The fourth-order valence-corrected chi connectivity index (χ4v) is 4.56. The highest BCUT2D eigenvalue weighted by Crippen LogP contribution is 2.31. The van der Waals surface area contributed by atoms with Crippen LogP contribution in [-0.4, -0.2) is 55.5 Å². The number of nitrogens with zero attached hydrogens (tertiary/aromatic N) is 1. The third kappa shape index (κ3) is 2.99. The van der Waals surface area contributed by atoms with Crippen LogP contribution in [0.25, 0.3) is 0 Å². The smallest absolute Gasteiger partial charge is 0.214 e. The van der Waals surface area contributed by atoms with E-state index in [-0.39, 0.29) is 24.5 Å². The summed E-state index contributed by atoms with van der Waals surface area (Å²) >= 11 is 0. The van der Waals surface area contributed by atoms with Gasteiger partial charge in [0.25, 0.3) is 0 Å². The highest BCUT2D eigenvalue weighted by atomic mass is 32.2. The zero-order valence-electron chi connectivity index (χ0n) is 10.0. The molecule has 6 heteroatoms. The molecule has 2 rings (SSSR count). The zero-order chi connectivity index (χ0) is 12.3. The lowest BCUT2D eigenvalue weighted by Gasteiger charge is -2.36. The summed E-state index contributed by atoms with van der Waals surface area (Å²) in [6.45, 7) is 1.06. The molecule has 0 aromatic heterocycles. The number of aliphatic hydroxyl groups excluding tert-OH is 1. The van der Waals surface area contributed by atoms with E-state index in [0.29, 0.717) is 26.0 Å². The summed E-state index contributed by atoms with van der Waals surface area (Å²) in [7, 11) is -3.17. The number of hydrogen-bond donors (Lipinski definition) is 1.